The minimum absolute atomic E-state index is 0.111. The molecule has 1 heteroatoms. The van der Waals surface area contributed by atoms with Gasteiger partial charge in [-0.25, -0.2) is 0 Å². The fraction of sp³-hybridized carbons (Fsp3) is 0.867. The minimum Gasteiger partial charge on any atom is -0.371 e. The average molecular weight is 220 g/mol. The summed E-state index contributed by atoms with van der Waals surface area (Å²) in [6.45, 7) is 9.34. The molecule has 1 saturated carbocycles. The summed E-state index contributed by atoms with van der Waals surface area (Å²) in [5, 5.41) is 0. The van der Waals surface area contributed by atoms with Crippen molar-refractivity contribution in [1.82, 2.24) is 0 Å². The molecule has 0 radical (unpaired) electrons. The van der Waals surface area contributed by atoms with Crippen molar-refractivity contribution in [3.05, 3.63) is 11.1 Å². The normalized spacial score (nSPS) is 45.8. The molecule has 3 aliphatic rings. The summed E-state index contributed by atoms with van der Waals surface area (Å²) in [4.78, 5) is 0. The molecule has 0 bridgehead atoms. The van der Waals surface area contributed by atoms with Gasteiger partial charge in [-0.05, 0) is 58.3 Å². The molecule has 16 heavy (non-hydrogen) atoms. The predicted molar refractivity (Wildman–Crippen MR) is 66.3 cm³/mol. The summed E-state index contributed by atoms with van der Waals surface area (Å²) in [6, 6.07) is 0. The topological polar surface area (TPSA) is 9.23 Å². The first-order valence-electron chi connectivity index (χ1n) is 6.87. The van der Waals surface area contributed by atoms with E-state index < -0.39 is 0 Å². The summed E-state index contributed by atoms with van der Waals surface area (Å²) in [5.74, 6) is 2.29. The molecule has 1 nitrogen and oxygen atoms in total. The molecule has 4 unspecified atom stereocenters. The van der Waals surface area contributed by atoms with Crippen molar-refractivity contribution in [2.75, 3.05) is 0 Å². The molecule has 0 aromatic carbocycles. The van der Waals surface area contributed by atoms with E-state index in [-0.39, 0.29) is 5.60 Å². The molecule has 2 fully saturated rings. The fourth-order valence-corrected chi connectivity index (χ4v) is 4.36. The molecule has 0 N–H and O–H groups in total. The summed E-state index contributed by atoms with van der Waals surface area (Å²) >= 11 is 0. The van der Waals surface area contributed by atoms with Gasteiger partial charge in [0.05, 0.1) is 11.7 Å². The Hall–Kier alpha value is -0.300. The van der Waals surface area contributed by atoms with Crippen molar-refractivity contribution in [3.63, 3.8) is 0 Å². The van der Waals surface area contributed by atoms with Crippen LogP contribution < -0.4 is 0 Å². The molecule has 0 aromatic rings. The van der Waals surface area contributed by atoms with E-state index in [0.717, 1.165) is 17.8 Å². The highest BCUT2D eigenvalue weighted by Gasteiger charge is 2.54. The molecule has 0 spiro atoms. The third-order valence-electron chi connectivity index (χ3n) is 5.33. The van der Waals surface area contributed by atoms with Crippen molar-refractivity contribution >= 4 is 0 Å². The number of rotatable bonds is 0. The first-order chi connectivity index (χ1) is 7.50. The van der Waals surface area contributed by atoms with Gasteiger partial charge >= 0.3 is 0 Å². The number of allylic oxidation sites excluding steroid dienone is 1. The first kappa shape index (κ1) is 10.8. The quantitative estimate of drug-likeness (QED) is 0.562. The number of hydrogen-bond acceptors (Lipinski definition) is 1. The van der Waals surface area contributed by atoms with Crippen LogP contribution in [-0.4, -0.2) is 11.7 Å². The van der Waals surface area contributed by atoms with Gasteiger partial charge in [-0.2, -0.15) is 0 Å². The molecule has 1 heterocycles. The lowest BCUT2D eigenvalue weighted by Crippen LogP contribution is -2.36. The first-order valence-corrected chi connectivity index (χ1v) is 6.87. The van der Waals surface area contributed by atoms with Crippen LogP contribution in [0.3, 0.4) is 0 Å². The number of ether oxygens (including phenoxy) is 1. The van der Waals surface area contributed by atoms with Crippen molar-refractivity contribution < 1.29 is 4.74 Å². The SMILES string of the molecule is CC1=C2CCC(C)C3OC(C)(C)C(CC1)C23. The summed E-state index contributed by atoms with van der Waals surface area (Å²) in [6.07, 6.45) is 5.83. The van der Waals surface area contributed by atoms with E-state index in [4.69, 9.17) is 4.74 Å². The van der Waals surface area contributed by atoms with Gasteiger partial charge in [-0.15, -0.1) is 0 Å². The summed E-state index contributed by atoms with van der Waals surface area (Å²) < 4.78 is 6.39. The van der Waals surface area contributed by atoms with Gasteiger partial charge in [0.25, 0.3) is 0 Å². The van der Waals surface area contributed by atoms with Crippen LogP contribution in [0.4, 0.5) is 0 Å². The zero-order valence-electron chi connectivity index (χ0n) is 11.0. The molecule has 0 aromatic heterocycles. The fourth-order valence-electron chi connectivity index (χ4n) is 4.36. The molecule has 1 saturated heterocycles. The van der Waals surface area contributed by atoms with E-state index >= 15 is 0 Å². The molecule has 1 aliphatic heterocycles. The maximum atomic E-state index is 6.39. The van der Waals surface area contributed by atoms with Crippen LogP contribution in [0.1, 0.15) is 53.4 Å². The van der Waals surface area contributed by atoms with Crippen molar-refractivity contribution in [2.24, 2.45) is 17.8 Å². The zero-order valence-corrected chi connectivity index (χ0v) is 11.0. The van der Waals surface area contributed by atoms with E-state index in [2.05, 4.69) is 27.7 Å². The lowest BCUT2D eigenvalue weighted by molar-refractivity contribution is -0.0563. The molecule has 90 valence electrons. The minimum atomic E-state index is 0.111. The van der Waals surface area contributed by atoms with Gasteiger partial charge in [0.1, 0.15) is 0 Å². The maximum absolute atomic E-state index is 6.39. The molecule has 4 atom stereocenters. The van der Waals surface area contributed by atoms with Gasteiger partial charge in [0.2, 0.25) is 0 Å². The Labute approximate surface area is 99.3 Å². The lowest BCUT2D eigenvalue weighted by atomic mass is 9.63. The van der Waals surface area contributed by atoms with Gasteiger partial charge in [0, 0.05) is 5.92 Å². The Balaban J connectivity index is 2.04. The van der Waals surface area contributed by atoms with Gasteiger partial charge < -0.3 is 4.74 Å². The van der Waals surface area contributed by atoms with Crippen molar-refractivity contribution in [2.45, 2.75) is 65.1 Å². The Kier molecular flexibility index (Phi) is 2.27. The highest BCUT2D eigenvalue weighted by Crippen LogP contribution is 2.55. The monoisotopic (exact) mass is 220 g/mol. The maximum Gasteiger partial charge on any atom is 0.0677 e. The second-order valence-electron chi connectivity index (χ2n) is 6.68. The number of hydrogen-bond donors (Lipinski definition) is 0. The van der Waals surface area contributed by atoms with E-state index in [1.165, 1.54) is 25.7 Å². The Bertz CT molecular complexity index is 339. The molecule has 0 amide bonds. The highest BCUT2D eigenvalue weighted by atomic mass is 16.5. The predicted octanol–water partition coefficient (Wildman–Crippen LogP) is 3.94. The highest BCUT2D eigenvalue weighted by molar-refractivity contribution is 5.27. The summed E-state index contributed by atoms with van der Waals surface area (Å²) in [5.41, 5.74) is 3.56. The Morgan fingerprint density at radius 1 is 1.19 bits per heavy atom. The molecule has 3 rings (SSSR count). The third-order valence-corrected chi connectivity index (χ3v) is 5.33. The van der Waals surface area contributed by atoms with Crippen molar-refractivity contribution in [1.29, 1.82) is 0 Å². The standard InChI is InChI=1S/C15H24O/c1-9-6-8-12-13-11(9)7-5-10(2)14(13)16-15(12,3)4/h10,12-14H,5-8H2,1-4H3. The molecule has 2 aliphatic carbocycles. The second-order valence-corrected chi connectivity index (χ2v) is 6.68. The zero-order chi connectivity index (χ0) is 11.5. The van der Waals surface area contributed by atoms with Crippen LogP contribution in [0.25, 0.3) is 0 Å². The van der Waals surface area contributed by atoms with Crippen LogP contribution in [0.15, 0.2) is 11.1 Å². The van der Waals surface area contributed by atoms with E-state index in [1.807, 2.05) is 0 Å². The van der Waals surface area contributed by atoms with Gasteiger partial charge in [-0.3, -0.25) is 0 Å². The summed E-state index contributed by atoms with van der Waals surface area (Å²) in [7, 11) is 0. The van der Waals surface area contributed by atoms with Gasteiger partial charge in [0.15, 0.2) is 0 Å². The third kappa shape index (κ3) is 1.33. The van der Waals surface area contributed by atoms with Crippen LogP contribution in [0, 0.1) is 17.8 Å². The van der Waals surface area contributed by atoms with Crippen LogP contribution in [-0.2, 0) is 4.74 Å². The Morgan fingerprint density at radius 2 is 1.94 bits per heavy atom. The smallest absolute Gasteiger partial charge is 0.0677 e. The molecular weight excluding hydrogens is 196 g/mol. The Morgan fingerprint density at radius 3 is 2.69 bits per heavy atom. The molecular formula is C15H24O. The van der Waals surface area contributed by atoms with E-state index in [0.29, 0.717) is 6.10 Å². The van der Waals surface area contributed by atoms with Crippen molar-refractivity contribution in [3.8, 4) is 0 Å². The second kappa shape index (κ2) is 3.35. The lowest BCUT2D eigenvalue weighted by Gasteiger charge is -2.39. The van der Waals surface area contributed by atoms with E-state index in [9.17, 15) is 0 Å². The average Bonchev–Trinajstić information content (AvgIpc) is 2.49. The van der Waals surface area contributed by atoms with Gasteiger partial charge in [-0.1, -0.05) is 18.1 Å². The van der Waals surface area contributed by atoms with E-state index in [1.54, 1.807) is 11.1 Å². The van der Waals surface area contributed by atoms with Crippen LogP contribution in [0.5, 0.6) is 0 Å². The largest absolute Gasteiger partial charge is 0.371 e. The van der Waals surface area contributed by atoms with Crippen LogP contribution in [0.2, 0.25) is 0 Å². The van der Waals surface area contributed by atoms with Crippen LogP contribution >= 0.6 is 0 Å².